The quantitative estimate of drug-likeness (QED) is 0.852. The fraction of sp³-hybridized carbons (Fsp3) is 0.214. The van der Waals surface area contributed by atoms with Gasteiger partial charge in [0.2, 0.25) is 15.0 Å². The van der Waals surface area contributed by atoms with E-state index in [2.05, 4.69) is 15.3 Å². The minimum Gasteiger partial charge on any atom is -0.291 e. The Labute approximate surface area is 127 Å². The number of hydrogen-bond acceptors (Lipinski definition) is 5. The van der Waals surface area contributed by atoms with Gasteiger partial charge in [0.25, 0.3) is 0 Å². The van der Waals surface area contributed by atoms with Crippen LogP contribution in [0.4, 0.5) is 16.3 Å². The molecule has 114 valence electrons. The standard InChI is InChI=1S/C14H14N4O3S/c1-9-3-5-11(6-4-9)18-8-10-7-15-13(22(2,20)21)16-12(10)17-14(18)19/h3-7H,8H2,1-2H3,(H,15,16,17,19). The summed E-state index contributed by atoms with van der Waals surface area (Å²) in [5.74, 6) is 0.240. The highest BCUT2D eigenvalue weighted by Crippen LogP contribution is 2.26. The van der Waals surface area contributed by atoms with Gasteiger partial charge in [-0.05, 0) is 19.1 Å². The monoisotopic (exact) mass is 318 g/mol. The summed E-state index contributed by atoms with van der Waals surface area (Å²) in [5.41, 5.74) is 2.51. The summed E-state index contributed by atoms with van der Waals surface area (Å²) in [6.45, 7) is 2.25. The predicted octanol–water partition coefficient (Wildman–Crippen LogP) is 1.74. The van der Waals surface area contributed by atoms with Crippen molar-refractivity contribution in [3.8, 4) is 0 Å². The third kappa shape index (κ3) is 2.64. The van der Waals surface area contributed by atoms with Gasteiger partial charge in [0.05, 0.1) is 6.54 Å². The topological polar surface area (TPSA) is 92.3 Å². The normalized spacial score (nSPS) is 14.5. The van der Waals surface area contributed by atoms with Gasteiger partial charge >= 0.3 is 6.03 Å². The Balaban J connectivity index is 1.96. The highest BCUT2D eigenvalue weighted by Gasteiger charge is 2.26. The van der Waals surface area contributed by atoms with Gasteiger partial charge in [-0.25, -0.2) is 23.2 Å². The fourth-order valence-electron chi connectivity index (χ4n) is 2.14. The van der Waals surface area contributed by atoms with E-state index in [1.165, 1.54) is 6.20 Å². The van der Waals surface area contributed by atoms with Crippen molar-refractivity contribution in [2.45, 2.75) is 18.6 Å². The molecule has 22 heavy (non-hydrogen) atoms. The number of amides is 2. The Bertz CT molecular complexity index is 847. The summed E-state index contributed by atoms with van der Waals surface area (Å²) in [5, 5.41) is 2.31. The molecule has 0 saturated heterocycles. The van der Waals surface area contributed by atoms with E-state index in [9.17, 15) is 13.2 Å². The summed E-state index contributed by atoms with van der Waals surface area (Å²) in [7, 11) is -3.51. The summed E-state index contributed by atoms with van der Waals surface area (Å²) in [6, 6.07) is 7.19. The van der Waals surface area contributed by atoms with Crippen LogP contribution in [0.1, 0.15) is 11.1 Å². The minimum atomic E-state index is -3.51. The van der Waals surface area contributed by atoms with Crippen molar-refractivity contribution >= 4 is 27.4 Å². The van der Waals surface area contributed by atoms with Crippen molar-refractivity contribution in [3.05, 3.63) is 41.6 Å². The van der Waals surface area contributed by atoms with Crippen LogP contribution in [0, 0.1) is 6.92 Å². The lowest BCUT2D eigenvalue weighted by atomic mass is 10.2. The lowest BCUT2D eigenvalue weighted by molar-refractivity contribution is 0.256. The molecule has 0 bridgehead atoms. The van der Waals surface area contributed by atoms with Crippen LogP contribution in [0.15, 0.2) is 35.6 Å². The van der Waals surface area contributed by atoms with E-state index >= 15 is 0 Å². The third-order valence-electron chi connectivity index (χ3n) is 3.32. The van der Waals surface area contributed by atoms with Crippen LogP contribution >= 0.6 is 0 Å². The molecule has 3 rings (SSSR count). The lowest BCUT2D eigenvalue weighted by Crippen LogP contribution is -2.39. The second-order valence-electron chi connectivity index (χ2n) is 5.15. The molecule has 0 fully saturated rings. The summed E-state index contributed by atoms with van der Waals surface area (Å²) in [4.78, 5) is 21.5. The van der Waals surface area contributed by atoms with Crippen molar-refractivity contribution in [1.82, 2.24) is 9.97 Å². The van der Waals surface area contributed by atoms with Crippen molar-refractivity contribution < 1.29 is 13.2 Å². The summed E-state index contributed by atoms with van der Waals surface area (Å²) in [6.07, 6.45) is 2.46. The average Bonchev–Trinajstić information content (AvgIpc) is 2.46. The van der Waals surface area contributed by atoms with Gasteiger partial charge in [0, 0.05) is 23.7 Å². The Kier molecular flexibility index (Phi) is 3.32. The molecule has 1 aromatic heterocycles. The van der Waals surface area contributed by atoms with Gasteiger partial charge in [0.1, 0.15) is 5.82 Å². The number of benzene rings is 1. The van der Waals surface area contributed by atoms with E-state index in [1.807, 2.05) is 31.2 Å². The zero-order valence-electron chi connectivity index (χ0n) is 12.1. The van der Waals surface area contributed by atoms with Crippen LogP contribution in [-0.4, -0.2) is 30.7 Å². The Morgan fingerprint density at radius 3 is 2.55 bits per heavy atom. The number of nitrogens with one attached hydrogen (secondary N) is 1. The molecule has 1 N–H and O–H groups in total. The summed E-state index contributed by atoms with van der Waals surface area (Å²) < 4.78 is 22.9. The van der Waals surface area contributed by atoms with E-state index in [1.54, 1.807) is 4.90 Å². The lowest BCUT2D eigenvalue weighted by Gasteiger charge is -2.28. The number of aryl methyl sites for hydroxylation is 1. The van der Waals surface area contributed by atoms with Crippen LogP contribution < -0.4 is 10.2 Å². The molecule has 0 spiro atoms. The second-order valence-corrected chi connectivity index (χ2v) is 7.06. The molecule has 7 nitrogen and oxygen atoms in total. The second kappa shape index (κ2) is 5.06. The van der Waals surface area contributed by atoms with Crippen LogP contribution in [0.3, 0.4) is 0 Å². The van der Waals surface area contributed by atoms with Gasteiger partial charge in [-0.2, -0.15) is 0 Å². The molecule has 0 aliphatic carbocycles. The van der Waals surface area contributed by atoms with Gasteiger partial charge < -0.3 is 0 Å². The van der Waals surface area contributed by atoms with E-state index in [0.29, 0.717) is 5.56 Å². The molecule has 0 unspecified atom stereocenters. The number of carbonyl (C=O) groups excluding carboxylic acids is 1. The number of anilines is 2. The van der Waals surface area contributed by atoms with Gasteiger partial charge in [-0.1, -0.05) is 17.7 Å². The molecular weight excluding hydrogens is 304 g/mol. The SMILES string of the molecule is Cc1ccc(N2Cc3cnc(S(C)(=O)=O)nc3NC2=O)cc1. The third-order valence-corrected chi connectivity index (χ3v) is 4.18. The van der Waals surface area contributed by atoms with E-state index in [4.69, 9.17) is 0 Å². The molecule has 2 amide bonds. The number of urea groups is 1. The smallest absolute Gasteiger partial charge is 0.291 e. The first-order valence-electron chi connectivity index (χ1n) is 6.56. The number of fused-ring (bicyclic) bond motifs is 1. The number of carbonyl (C=O) groups is 1. The number of sulfone groups is 1. The molecule has 1 aliphatic heterocycles. The first-order chi connectivity index (χ1) is 10.3. The average molecular weight is 318 g/mol. The molecule has 0 radical (unpaired) electrons. The Morgan fingerprint density at radius 1 is 1.23 bits per heavy atom. The predicted molar refractivity (Wildman–Crippen MR) is 81.5 cm³/mol. The van der Waals surface area contributed by atoms with E-state index < -0.39 is 9.84 Å². The zero-order chi connectivity index (χ0) is 15.9. The van der Waals surface area contributed by atoms with Crippen LogP contribution in [-0.2, 0) is 16.4 Å². The highest BCUT2D eigenvalue weighted by molar-refractivity contribution is 7.90. The molecule has 2 heterocycles. The molecule has 0 atom stereocenters. The minimum absolute atomic E-state index is 0.240. The van der Waals surface area contributed by atoms with Gasteiger partial charge in [-0.15, -0.1) is 0 Å². The van der Waals surface area contributed by atoms with Gasteiger partial charge in [-0.3, -0.25) is 10.2 Å². The van der Waals surface area contributed by atoms with Crippen molar-refractivity contribution in [3.63, 3.8) is 0 Å². The van der Waals surface area contributed by atoms with Crippen molar-refractivity contribution in [2.75, 3.05) is 16.5 Å². The van der Waals surface area contributed by atoms with Crippen molar-refractivity contribution in [1.29, 1.82) is 0 Å². The molecule has 0 saturated carbocycles. The summed E-state index contributed by atoms with van der Waals surface area (Å²) >= 11 is 0. The van der Waals surface area contributed by atoms with Crippen molar-refractivity contribution in [2.24, 2.45) is 0 Å². The maximum Gasteiger partial charge on any atom is 0.327 e. The van der Waals surface area contributed by atoms with E-state index in [0.717, 1.165) is 17.5 Å². The highest BCUT2D eigenvalue weighted by atomic mass is 32.2. The number of rotatable bonds is 2. The fourth-order valence-corrected chi connectivity index (χ4v) is 2.64. The molecule has 1 aromatic carbocycles. The number of nitrogens with zero attached hydrogens (tertiary/aromatic N) is 3. The maximum atomic E-state index is 12.2. The molecule has 2 aromatic rings. The molecule has 1 aliphatic rings. The van der Waals surface area contributed by atoms with Gasteiger partial charge in [0.15, 0.2) is 0 Å². The Morgan fingerprint density at radius 2 is 1.91 bits per heavy atom. The van der Waals surface area contributed by atoms with E-state index in [-0.39, 0.29) is 23.6 Å². The number of aromatic nitrogens is 2. The molecular formula is C14H14N4O3S. The largest absolute Gasteiger partial charge is 0.327 e. The number of hydrogen-bond donors (Lipinski definition) is 1. The first-order valence-corrected chi connectivity index (χ1v) is 8.45. The van der Waals surface area contributed by atoms with Crippen LogP contribution in [0.2, 0.25) is 0 Å². The first kappa shape index (κ1) is 14.5. The van der Waals surface area contributed by atoms with Crippen LogP contribution in [0.25, 0.3) is 0 Å². The maximum absolute atomic E-state index is 12.2. The Hall–Kier alpha value is -2.48. The molecule has 8 heteroatoms. The zero-order valence-corrected chi connectivity index (χ0v) is 12.9. The van der Waals surface area contributed by atoms with Crippen LogP contribution in [0.5, 0.6) is 0 Å².